The molecule has 13 heavy (non-hydrogen) atoms. The number of hydroxylamine groups is 1. The van der Waals surface area contributed by atoms with Crippen molar-refractivity contribution in [3.63, 3.8) is 0 Å². The van der Waals surface area contributed by atoms with E-state index in [0.29, 0.717) is 12.5 Å². The standard InChI is InChI=1S/C9H17NO3/c1-7(2)6-13-10-9(12)5-4-8(3)11/h7H,4-6H2,1-3H3,(H,10,12). The van der Waals surface area contributed by atoms with Gasteiger partial charge in [0.2, 0.25) is 5.91 Å². The molecule has 0 aliphatic carbocycles. The molecule has 0 saturated heterocycles. The molecule has 4 nitrogen and oxygen atoms in total. The van der Waals surface area contributed by atoms with Crippen molar-refractivity contribution in [3.05, 3.63) is 0 Å². The molecule has 0 radical (unpaired) electrons. The largest absolute Gasteiger partial charge is 0.300 e. The number of ketones is 1. The topological polar surface area (TPSA) is 55.4 Å². The average Bonchev–Trinajstić information content (AvgIpc) is 2.00. The first-order chi connectivity index (χ1) is 6.02. The highest BCUT2D eigenvalue weighted by atomic mass is 16.6. The minimum absolute atomic E-state index is 0.0130. The number of amides is 1. The molecule has 0 fully saturated rings. The van der Waals surface area contributed by atoms with Gasteiger partial charge in [-0.05, 0) is 12.8 Å². The van der Waals surface area contributed by atoms with Crippen LogP contribution in [0.5, 0.6) is 0 Å². The van der Waals surface area contributed by atoms with Gasteiger partial charge in [0.05, 0.1) is 6.61 Å². The van der Waals surface area contributed by atoms with E-state index in [0.717, 1.165) is 0 Å². The molecule has 76 valence electrons. The maximum atomic E-state index is 10.9. The fraction of sp³-hybridized carbons (Fsp3) is 0.778. The Bertz CT molecular complexity index is 178. The van der Waals surface area contributed by atoms with Crippen molar-refractivity contribution in [3.8, 4) is 0 Å². The third-order valence-corrected chi connectivity index (χ3v) is 1.31. The summed E-state index contributed by atoms with van der Waals surface area (Å²) in [4.78, 5) is 26.3. The lowest BCUT2D eigenvalue weighted by Gasteiger charge is -2.06. The summed E-state index contributed by atoms with van der Waals surface area (Å²) in [5.74, 6) is 0.156. The first-order valence-electron chi connectivity index (χ1n) is 4.42. The zero-order valence-corrected chi connectivity index (χ0v) is 8.42. The summed E-state index contributed by atoms with van der Waals surface area (Å²) in [5, 5.41) is 0. The summed E-state index contributed by atoms with van der Waals surface area (Å²) in [6.07, 6.45) is 0.476. The van der Waals surface area contributed by atoms with Gasteiger partial charge in [-0.1, -0.05) is 13.8 Å². The second-order valence-electron chi connectivity index (χ2n) is 3.43. The molecule has 0 bridgehead atoms. The smallest absolute Gasteiger partial charge is 0.243 e. The molecule has 0 saturated carbocycles. The van der Waals surface area contributed by atoms with Crippen LogP contribution in [0.4, 0.5) is 0 Å². The molecule has 0 spiro atoms. The summed E-state index contributed by atoms with van der Waals surface area (Å²) < 4.78 is 0. The normalized spacial score (nSPS) is 10.2. The predicted octanol–water partition coefficient (Wildman–Crippen LogP) is 1.06. The van der Waals surface area contributed by atoms with Crippen molar-refractivity contribution in [2.45, 2.75) is 33.6 Å². The molecule has 0 heterocycles. The van der Waals surface area contributed by atoms with Crippen LogP contribution in [0, 0.1) is 5.92 Å². The number of carbonyl (C=O) groups excluding carboxylic acids is 2. The van der Waals surface area contributed by atoms with E-state index < -0.39 is 0 Å². The van der Waals surface area contributed by atoms with Crippen LogP contribution in [0.25, 0.3) is 0 Å². The Morgan fingerprint density at radius 3 is 2.38 bits per heavy atom. The SMILES string of the molecule is CC(=O)CCC(=O)NOCC(C)C. The highest BCUT2D eigenvalue weighted by Crippen LogP contribution is 1.92. The van der Waals surface area contributed by atoms with Gasteiger partial charge >= 0.3 is 0 Å². The predicted molar refractivity (Wildman–Crippen MR) is 48.8 cm³/mol. The van der Waals surface area contributed by atoms with E-state index in [1.54, 1.807) is 0 Å². The van der Waals surface area contributed by atoms with E-state index in [1.807, 2.05) is 13.8 Å². The lowest BCUT2D eigenvalue weighted by Crippen LogP contribution is -2.25. The van der Waals surface area contributed by atoms with E-state index in [9.17, 15) is 9.59 Å². The third-order valence-electron chi connectivity index (χ3n) is 1.31. The summed E-state index contributed by atoms with van der Waals surface area (Å²) >= 11 is 0. The highest BCUT2D eigenvalue weighted by Gasteiger charge is 2.03. The number of Topliss-reactive ketones (excluding diaryl/α,β-unsaturated/α-hetero) is 1. The molecule has 0 aliphatic rings. The number of rotatable bonds is 6. The minimum Gasteiger partial charge on any atom is -0.300 e. The Kier molecular flexibility index (Phi) is 6.14. The van der Waals surface area contributed by atoms with Crippen molar-refractivity contribution in [2.24, 2.45) is 5.92 Å². The molecule has 4 heteroatoms. The van der Waals surface area contributed by atoms with Gasteiger partial charge in [-0.25, -0.2) is 5.48 Å². The van der Waals surface area contributed by atoms with Gasteiger partial charge in [0.25, 0.3) is 0 Å². The Labute approximate surface area is 78.6 Å². The number of hydrogen-bond acceptors (Lipinski definition) is 3. The zero-order valence-electron chi connectivity index (χ0n) is 8.42. The Hall–Kier alpha value is -0.900. The van der Waals surface area contributed by atoms with E-state index in [2.05, 4.69) is 5.48 Å². The van der Waals surface area contributed by atoms with Crippen LogP contribution in [0.3, 0.4) is 0 Å². The van der Waals surface area contributed by atoms with Gasteiger partial charge in [-0.2, -0.15) is 0 Å². The van der Waals surface area contributed by atoms with Gasteiger partial charge in [0.15, 0.2) is 0 Å². The quantitative estimate of drug-likeness (QED) is 0.632. The molecule has 1 N–H and O–H groups in total. The van der Waals surface area contributed by atoms with Crippen molar-refractivity contribution in [1.29, 1.82) is 0 Å². The van der Waals surface area contributed by atoms with Crippen LogP contribution in [0.2, 0.25) is 0 Å². The maximum Gasteiger partial charge on any atom is 0.243 e. The van der Waals surface area contributed by atoms with Gasteiger partial charge in [-0.15, -0.1) is 0 Å². The molecule has 0 unspecified atom stereocenters. The van der Waals surface area contributed by atoms with Crippen LogP contribution in [0.15, 0.2) is 0 Å². The molecule has 0 aromatic rings. The summed E-state index contributed by atoms with van der Waals surface area (Å²) in [6, 6.07) is 0. The van der Waals surface area contributed by atoms with Gasteiger partial charge < -0.3 is 4.79 Å². The monoisotopic (exact) mass is 187 g/mol. The Balaban J connectivity index is 3.36. The maximum absolute atomic E-state index is 10.9. The summed E-state index contributed by atoms with van der Waals surface area (Å²) in [6.45, 7) is 5.93. The number of carbonyl (C=O) groups is 2. The molecule has 0 rings (SSSR count). The van der Waals surface area contributed by atoms with Crippen molar-refractivity contribution in [1.82, 2.24) is 5.48 Å². The molecule has 1 amide bonds. The van der Waals surface area contributed by atoms with Crippen molar-refractivity contribution in [2.75, 3.05) is 6.61 Å². The molecule has 0 aliphatic heterocycles. The molecular weight excluding hydrogens is 170 g/mol. The molecule has 0 atom stereocenters. The number of hydrogen-bond donors (Lipinski definition) is 1. The van der Waals surface area contributed by atoms with Gasteiger partial charge in [-0.3, -0.25) is 9.63 Å². The molecular formula is C9H17NO3. The van der Waals surface area contributed by atoms with E-state index in [4.69, 9.17) is 4.84 Å². The van der Waals surface area contributed by atoms with Gasteiger partial charge in [0.1, 0.15) is 5.78 Å². The van der Waals surface area contributed by atoms with Crippen molar-refractivity contribution >= 4 is 11.7 Å². The third kappa shape index (κ3) is 9.01. The van der Waals surface area contributed by atoms with E-state index in [1.165, 1.54) is 6.92 Å². The molecule has 0 aromatic heterocycles. The Morgan fingerprint density at radius 2 is 1.92 bits per heavy atom. The fourth-order valence-electron chi connectivity index (χ4n) is 0.629. The Morgan fingerprint density at radius 1 is 1.31 bits per heavy atom. The first-order valence-corrected chi connectivity index (χ1v) is 4.42. The first kappa shape index (κ1) is 12.1. The van der Waals surface area contributed by atoms with Crippen LogP contribution >= 0.6 is 0 Å². The van der Waals surface area contributed by atoms with Crippen LogP contribution < -0.4 is 5.48 Å². The fourth-order valence-corrected chi connectivity index (χ4v) is 0.629. The van der Waals surface area contributed by atoms with Crippen LogP contribution in [-0.4, -0.2) is 18.3 Å². The number of nitrogens with one attached hydrogen (secondary N) is 1. The van der Waals surface area contributed by atoms with Crippen molar-refractivity contribution < 1.29 is 14.4 Å². The molecule has 0 aromatic carbocycles. The second kappa shape index (κ2) is 6.60. The van der Waals surface area contributed by atoms with Crippen LogP contribution in [0.1, 0.15) is 33.6 Å². The summed E-state index contributed by atoms with van der Waals surface area (Å²) in [5.41, 5.74) is 2.28. The lowest BCUT2D eigenvalue weighted by atomic mass is 10.2. The highest BCUT2D eigenvalue weighted by molar-refractivity contribution is 5.82. The van der Waals surface area contributed by atoms with E-state index in [-0.39, 0.29) is 24.5 Å². The average molecular weight is 187 g/mol. The van der Waals surface area contributed by atoms with E-state index >= 15 is 0 Å². The lowest BCUT2D eigenvalue weighted by molar-refractivity contribution is -0.135. The van der Waals surface area contributed by atoms with Gasteiger partial charge in [0, 0.05) is 12.8 Å². The van der Waals surface area contributed by atoms with Crippen LogP contribution in [-0.2, 0) is 14.4 Å². The second-order valence-corrected chi connectivity index (χ2v) is 3.43. The minimum atomic E-state index is -0.240. The zero-order chi connectivity index (χ0) is 10.3. The summed E-state index contributed by atoms with van der Waals surface area (Å²) in [7, 11) is 0.